The van der Waals surface area contributed by atoms with Crippen molar-refractivity contribution in [3.05, 3.63) is 29.6 Å². The highest BCUT2D eigenvalue weighted by molar-refractivity contribution is 5.97. The van der Waals surface area contributed by atoms with Crippen LogP contribution in [0.3, 0.4) is 0 Å². The number of amides is 2. The molecule has 1 saturated heterocycles. The number of hydrogen-bond donors (Lipinski definition) is 1. The lowest BCUT2D eigenvalue weighted by atomic mass is 9.97. The van der Waals surface area contributed by atoms with Gasteiger partial charge in [-0.1, -0.05) is 13.0 Å². The van der Waals surface area contributed by atoms with Crippen molar-refractivity contribution in [2.24, 2.45) is 5.92 Å². The Morgan fingerprint density at radius 1 is 1.37 bits per heavy atom. The Bertz CT molecular complexity index is 523. The van der Waals surface area contributed by atoms with E-state index in [-0.39, 0.29) is 30.0 Å². The van der Waals surface area contributed by atoms with Gasteiger partial charge in [-0.3, -0.25) is 14.5 Å². The van der Waals surface area contributed by atoms with E-state index in [9.17, 15) is 14.4 Å². The molecule has 19 heavy (non-hydrogen) atoms. The van der Waals surface area contributed by atoms with Crippen molar-refractivity contribution in [1.29, 1.82) is 0 Å². The molecule has 1 aliphatic rings. The number of pyridine rings is 1. The van der Waals surface area contributed by atoms with Crippen LogP contribution in [0, 0.1) is 5.92 Å². The fraction of sp³-hybridized carbons (Fsp3) is 0.385. The lowest BCUT2D eigenvalue weighted by Gasteiger charge is -2.27. The van der Waals surface area contributed by atoms with Gasteiger partial charge in [0.2, 0.25) is 11.8 Å². The fourth-order valence-corrected chi connectivity index (χ4v) is 2.05. The zero-order valence-corrected chi connectivity index (χ0v) is 10.5. The Balaban J connectivity index is 2.16. The minimum Gasteiger partial charge on any atom is -0.477 e. The van der Waals surface area contributed by atoms with Crippen LogP contribution in [0.15, 0.2) is 18.2 Å². The lowest BCUT2D eigenvalue weighted by Crippen LogP contribution is -2.42. The van der Waals surface area contributed by atoms with Crippen molar-refractivity contribution in [2.45, 2.75) is 26.3 Å². The summed E-state index contributed by atoms with van der Waals surface area (Å²) in [5.41, 5.74) is 0.305. The van der Waals surface area contributed by atoms with Gasteiger partial charge in [-0.2, -0.15) is 0 Å². The average Bonchev–Trinajstić information content (AvgIpc) is 2.34. The van der Waals surface area contributed by atoms with Crippen LogP contribution >= 0.6 is 0 Å². The van der Waals surface area contributed by atoms with E-state index in [4.69, 9.17) is 5.11 Å². The average molecular weight is 262 g/mol. The summed E-state index contributed by atoms with van der Waals surface area (Å²) in [4.78, 5) is 39.5. The van der Waals surface area contributed by atoms with Gasteiger partial charge >= 0.3 is 5.97 Å². The Morgan fingerprint density at radius 3 is 2.58 bits per heavy atom. The molecule has 1 aliphatic heterocycles. The molecule has 2 rings (SSSR count). The second-order valence-corrected chi connectivity index (χ2v) is 4.71. The highest BCUT2D eigenvalue weighted by Crippen LogP contribution is 2.20. The highest BCUT2D eigenvalue weighted by atomic mass is 16.4. The predicted octanol–water partition coefficient (Wildman–Crippen LogP) is 1.06. The number of carbonyl (C=O) groups excluding carboxylic acids is 2. The Morgan fingerprint density at radius 2 is 2.00 bits per heavy atom. The first-order chi connectivity index (χ1) is 8.97. The van der Waals surface area contributed by atoms with Crippen molar-refractivity contribution in [1.82, 2.24) is 9.88 Å². The van der Waals surface area contributed by atoms with Crippen molar-refractivity contribution >= 4 is 17.8 Å². The van der Waals surface area contributed by atoms with E-state index < -0.39 is 5.97 Å². The topological polar surface area (TPSA) is 87.6 Å². The van der Waals surface area contributed by atoms with Gasteiger partial charge in [-0.05, 0) is 18.1 Å². The molecule has 1 N–H and O–H groups in total. The van der Waals surface area contributed by atoms with Crippen molar-refractivity contribution < 1.29 is 19.5 Å². The molecule has 100 valence electrons. The third-order valence-corrected chi connectivity index (χ3v) is 2.99. The third-order valence-electron chi connectivity index (χ3n) is 2.99. The molecule has 1 aromatic rings. The molecule has 0 atom stereocenters. The number of imide groups is 1. The number of carboxylic acid groups (broad SMARTS) is 1. The maximum Gasteiger partial charge on any atom is 0.354 e. The smallest absolute Gasteiger partial charge is 0.354 e. The second-order valence-electron chi connectivity index (χ2n) is 4.71. The quantitative estimate of drug-likeness (QED) is 0.823. The molecular formula is C13H14N2O4. The minimum absolute atomic E-state index is 0.0332. The monoisotopic (exact) mass is 262 g/mol. The van der Waals surface area contributed by atoms with Crippen LogP contribution in [-0.4, -0.2) is 32.8 Å². The molecule has 0 radical (unpaired) electrons. The van der Waals surface area contributed by atoms with Gasteiger partial charge in [0.1, 0.15) is 5.69 Å². The molecule has 0 aromatic carbocycles. The number of carbonyl (C=O) groups is 3. The number of aromatic nitrogens is 1. The number of likely N-dealkylation sites (tertiary alicyclic amines) is 1. The zero-order chi connectivity index (χ0) is 14.0. The first-order valence-electron chi connectivity index (χ1n) is 6.00. The van der Waals surface area contributed by atoms with Crippen molar-refractivity contribution in [2.75, 3.05) is 0 Å². The van der Waals surface area contributed by atoms with Gasteiger partial charge in [0.05, 0.1) is 12.2 Å². The first kappa shape index (κ1) is 13.2. The molecule has 0 spiro atoms. The molecule has 0 saturated carbocycles. The van der Waals surface area contributed by atoms with Crippen LogP contribution in [0.5, 0.6) is 0 Å². The molecule has 6 nitrogen and oxygen atoms in total. The van der Waals surface area contributed by atoms with E-state index in [2.05, 4.69) is 4.98 Å². The lowest BCUT2D eigenvalue weighted by molar-refractivity contribution is -0.150. The van der Waals surface area contributed by atoms with Gasteiger partial charge in [-0.25, -0.2) is 9.78 Å². The maximum atomic E-state index is 11.8. The van der Waals surface area contributed by atoms with E-state index >= 15 is 0 Å². The van der Waals surface area contributed by atoms with Crippen LogP contribution in [0.2, 0.25) is 0 Å². The van der Waals surface area contributed by atoms with Gasteiger partial charge in [0, 0.05) is 12.8 Å². The second kappa shape index (κ2) is 5.17. The van der Waals surface area contributed by atoms with E-state index in [0.29, 0.717) is 18.5 Å². The number of hydrogen-bond acceptors (Lipinski definition) is 4. The molecule has 0 aliphatic carbocycles. The Labute approximate surface area is 110 Å². The van der Waals surface area contributed by atoms with Crippen LogP contribution in [0.4, 0.5) is 0 Å². The molecule has 2 heterocycles. The van der Waals surface area contributed by atoms with Crippen LogP contribution in [0.1, 0.15) is 35.9 Å². The summed E-state index contributed by atoms with van der Waals surface area (Å²) in [6.45, 7) is 1.89. The fourth-order valence-electron chi connectivity index (χ4n) is 2.05. The molecule has 0 unspecified atom stereocenters. The van der Waals surface area contributed by atoms with Gasteiger partial charge in [0.15, 0.2) is 0 Å². The van der Waals surface area contributed by atoms with E-state index in [1.165, 1.54) is 6.07 Å². The van der Waals surface area contributed by atoms with E-state index in [1.54, 1.807) is 12.1 Å². The molecule has 6 heteroatoms. The summed E-state index contributed by atoms with van der Waals surface area (Å²) in [7, 11) is 0. The van der Waals surface area contributed by atoms with E-state index in [0.717, 1.165) is 4.90 Å². The van der Waals surface area contributed by atoms with Gasteiger partial charge in [-0.15, -0.1) is 0 Å². The zero-order valence-electron chi connectivity index (χ0n) is 10.5. The number of rotatable bonds is 3. The Kier molecular flexibility index (Phi) is 3.59. The number of aromatic carboxylic acids is 1. The number of nitrogens with zero attached hydrogens (tertiary/aromatic N) is 2. The molecule has 1 aromatic heterocycles. The van der Waals surface area contributed by atoms with Crippen LogP contribution in [0.25, 0.3) is 0 Å². The van der Waals surface area contributed by atoms with Crippen molar-refractivity contribution in [3.8, 4) is 0 Å². The summed E-state index contributed by atoms with van der Waals surface area (Å²) in [5, 5.41) is 8.84. The van der Waals surface area contributed by atoms with Gasteiger partial charge in [0.25, 0.3) is 0 Å². The Hall–Kier alpha value is -2.24. The summed E-state index contributed by atoms with van der Waals surface area (Å²) in [5.74, 6) is -1.53. The third kappa shape index (κ3) is 2.96. The molecular weight excluding hydrogens is 248 g/mol. The molecule has 1 fully saturated rings. The highest BCUT2D eigenvalue weighted by Gasteiger charge is 2.30. The molecule has 0 bridgehead atoms. The molecule has 2 amide bonds. The van der Waals surface area contributed by atoms with Crippen molar-refractivity contribution in [3.63, 3.8) is 0 Å². The predicted molar refractivity (Wildman–Crippen MR) is 65.2 cm³/mol. The van der Waals surface area contributed by atoms with E-state index in [1.807, 2.05) is 6.92 Å². The van der Waals surface area contributed by atoms with Crippen LogP contribution < -0.4 is 0 Å². The summed E-state index contributed by atoms with van der Waals surface area (Å²) < 4.78 is 0. The summed E-state index contributed by atoms with van der Waals surface area (Å²) >= 11 is 0. The maximum absolute atomic E-state index is 11.8. The normalized spacial score (nSPS) is 16.8. The number of piperidine rings is 1. The summed E-state index contributed by atoms with van der Waals surface area (Å²) in [6, 6.07) is 4.52. The van der Waals surface area contributed by atoms with Gasteiger partial charge < -0.3 is 5.11 Å². The number of carboxylic acids is 1. The first-order valence-corrected chi connectivity index (χ1v) is 6.00. The largest absolute Gasteiger partial charge is 0.477 e. The SMILES string of the molecule is CC1CC(=O)N(Cc2cccc(C(=O)O)n2)C(=O)C1. The minimum atomic E-state index is -1.13. The standard InChI is InChI=1S/C13H14N2O4/c1-8-5-11(16)15(12(17)6-8)7-9-3-2-4-10(14-9)13(18)19/h2-4,8H,5-7H2,1H3,(H,18,19). The summed E-state index contributed by atoms with van der Waals surface area (Å²) in [6.07, 6.45) is 0.675. The van der Waals surface area contributed by atoms with Crippen LogP contribution in [-0.2, 0) is 16.1 Å².